The lowest BCUT2D eigenvalue weighted by Crippen LogP contribution is -2.17. The molecule has 0 bridgehead atoms. The Labute approximate surface area is 187 Å². The van der Waals surface area contributed by atoms with Crippen molar-refractivity contribution in [2.45, 2.75) is 26.4 Å². The van der Waals surface area contributed by atoms with Crippen molar-refractivity contribution in [3.05, 3.63) is 105 Å². The van der Waals surface area contributed by atoms with Gasteiger partial charge in [0.05, 0.1) is 0 Å². The molecule has 2 aromatic carbocycles. The van der Waals surface area contributed by atoms with Crippen molar-refractivity contribution in [2.75, 3.05) is 0 Å². The molecule has 2 atom stereocenters. The van der Waals surface area contributed by atoms with Gasteiger partial charge < -0.3 is 5.11 Å². The van der Waals surface area contributed by atoms with Crippen LogP contribution in [-0.2, 0) is 0 Å². The van der Waals surface area contributed by atoms with Crippen LogP contribution in [0.25, 0.3) is 5.57 Å². The zero-order chi connectivity index (χ0) is 21.7. The molecular formula is C25H23Cl2NO2. The highest BCUT2D eigenvalue weighted by Gasteiger charge is 2.29. The number of aromatic nitrogens is 1. The molecule has 0 aliphatic carbocycles. The molecule has 154 valence electrons. The number of aliphatic hydroxyl groups is 1. The molecule has 1 aromatic heterocycles. The monoisotopic (exact) mass is 439 g/mol. The highest BCUT2D eigenvalue weighted by atomic mass is 35.5. The van der Waals surface area contributed by atoms with Crippen LogP contribution in [0.5, 0.6) is 0 Å². The first kappa shape index (κ1) is 22.2. The molecule has 2 unspecified atom stereocenters. The summed E-state index contributed by atoms with van der Waals surface area (Å²) in [5.74, 6) is -0.307. The number of halogens is 2. The number of nitrogens with zero attached hydrogens (tertiary/aromatic N) is 1. The van der Waals surface area contributed by atoms with Gasteiger partial charge in [-0.1, -0.05) is 73.4 Å². The second-order valence-electron chi connectivity index (χ2n) is 7.14. The second kappa shape index (κ2) is 10.0. The summed E-state index contributed by atoms with van der Waals surface area (Å²) in [5, 5.41) is 12.3. The van der Waals surface area contributed by atoms with Gasteiger partial charge in [-0.25, -0.2) is 0 Å². The van der Waals surface area contributed by atoms with E-state index in [1.165, 1.54) is 0 Å². The number of benzene rings is 2. The molecule has 0 spiro atoms. The zero-order valence-corrected chi connectivity index (χ0v) is 18.4. The van der Waals surface area contributed by atoms with Gasteiger partial charge in [-0.15, -0.1) is 0 Å². The third kappa shape index (κ3) is 4.81. The second-order valence-corrected chi connectivity index (χ2v) is 7.99. The molecule has 0 saturated carbocycles. The van der Waals surface area contributed by atoms with Crippen LogP contribution in [-0.4, -0.2) is 15.9 Å². The van der Waals surface area contributed by atoms with E-state index in [0.29, 0.717) is 21.2 Å². The van der Waals surface area contributed by atoms with Gasteiger partial charge in [0, 0.05) is 39.1 Å². The van der Waals surface area contributed by atoms with Crippen molar-refractivity contribution in [1.82, 2.24) is 4.98 Å². The van der Waals surface area contributed by atoms with E-state index in [4.69, 9.17) is 23.2 Å². The predicted molar refractivity (Wildman–Crippen MR) is 123 cm³/mol. The molecular weight excluding hydrogens is 417 g/mol. The number of rotatable bonds is 7. The maximum atomic E-state index is 13.7. The first-order chi connectivity index (χ1) is 14.4. The standard InChI is InChI=1S/C25H23Cl2NO2/c1-3-16(2)22(20-11-4-5-12-21(20)27)23(25(30)18-9-7-13-28-15-18)24(29)17-8-6-10-19(26)14-17/h4-16,25,30H,3H2,1-2H3/b23-22-. The Balaban J connectivity index is 2.32. The Morgan fingerprint density at radius 1 is 1.07 bits per heavy atom. The number of allylic oxidation sites excluding steroid dienone is 1. The quantitative estimate of drug-likeness (QED) is 0.325. The normalized spacial score (nSPS) is 14.0. The fourth-order valence-corrected chi connectivity index (χ4v) is 3.87. The van der Waals surface area contributed by atoms with Crippen molar-refractivity contribution in [3.8, 4) is 0 Å². The van der Waals surface area contributed by atoms with Crippen molar-refractivity contribution in [1.29, 1.82) is 0 Å². The van der Waals surface area contributed by atoms with E-state index < -0.39 is 6.10 Å². The van der Waals surface area contributed by atoms with Crippen LogP contribution in [0.2, 0.25) is 10.0 Å². The molecule has 3 aromatic rings. The summed E-state index contributed by atoms with van der Waals surface area (Å²) in [4.78, 5) is 17.8. The van der Waals surface area contributed by atoms with E-state index in [1.807, 2.05) is 32.0 Å². The van der Waals surface area contributed by atoms with Crippen molar-refractivity contribution in [3.63, 3.8) is 0 Å². The van der Waals surface area contributed by atoms with Crippen LogP contribution >= 0.6 is 23.2 Å². The first-order valence-corrected chi connectivity index (χ1v) is 10.6. The molecule has 0 fully saturated rings. The summed E-state index contributed by atoms with van der Waals surface area (Å²) in [7, 11) is 0. The number of pyridine rings is 1. The minimum atomic E-state index is -1.16. The smallest absolute Gasteiger partial charge is 0.192 e. The number of carbonyl (C=O) groups excluding carboxylic acids is 1. The van der Waals surface area contributed by atoms with Gasteiger partial charge in [-0.05, 0) is 47.7 Å². The minimum absolute atomic E-state index is 0.0191. The molecule has 1 N–H and O–H groups in total. The van der Waals surface area contributed by atoms with E-state index in [0.717, 1.165) is 17.6 Å². The first-order valence-electron chi connectivity index (χ1n) is 9.81. The third-order valence-corrected chi connectivity index (χ3v) is 5.73. The average molecular weight is 440 g/mol. The fraction of sp³-hybridized carbons (Fsp3) is 0.200. The number of hydrogen-bond donors (Lipinski definition) is 1. The van der Waals surface area contributed by atoms with Crippen LogP contribution in [0.4, 0.5) is 0 Å². The molecule has 30 heavy (non-hydrogen) atoms. The Hall–Kier alpha value is -2.46. The van der Waals surface area contributed by atoms with Gasteiger partial charge >= 0.3 is 0 Å². The van der Waals surface area contributed by atoms with Crippen LogP contribution in [0.1, 0.15) is 47.9 Å². The Morgan fingerprint density at radius 2 is 1.83 bits per heavy atom. The fourth-order valence-electron chi connectivity index (χ4n) is 3.44. The maximum Gasteiger partial charge on any atom is 0.192 e. The number of aliphatic hydroxyl groups excluding tert-OH is 1. The Morgan fingerprint density at radius 3 is 2.47 bits per heavy atom. The highest BCUT2D eigenvalue weighted by Crippen LogP contribution is 2.39. The number of carbonyl (C=O) groups is 1. The van der Waals surface area contributed by atoms with Gasteiger partial charge in [0.25, 0.3) is 0 Å². The van der Waals surface area contributed by atoms with Crippen LogP contribution in [0.3, 0.4) is 0 Å². The molecule has 3 nitrogen and oxygen atoms in total. The molecule has 0 aliphatic heterocycles. The Kier molecular flexibility index (Phi) is 7.43. The summed E-state index contributed by atoms with van der Waals surface area (Å²) in [5.41, 5.74) is 2.70. The van der Waals surface area contributed by atoms with E-state index >= 15 is 0 Å². The van der Waals surface area contributed by atoms with Crippen LogP contribution in [0.15, 0.2) is 78.6 Å². The van der Waals surface area contributed by atoms with Crippen LogP contribution in [0, 0.1) is 5.92 Å². The SMILES string of the molecule is CCC(C)/C(=C(\C(=O)c1cccc(Cl)c1)C(O)c1cccnc1)c1ccccc1Cl. The molecule has 0 saturated heterocycles. The number of ketones is 1. The highest BCUT2D eigenvalue weighted by molar-refractivity contribution is 6.33. The van der Waals surface area contributed by atoms with Gasteiger partial charge in [-0.2, -0.15) is 0 Å². The van der Waals surface area contributed by atoms with Crippen molar-refractivity contribution < 1.29 is 9.90 Å². The van der Waals surface area contributed by atoms with Gasteiger partial charge in [0.1, 0.15) is 6.10 Å². The van der Waals surface area contributed by atoms with Crippen molar-refractivity contribution in [2.24, 2.45) is 5.92 Å². The maximum absolute atomic E-state index is 13.7. The summed E-state index contributed by atoms with van der Waals surface area (Å²) in [6.07, 6.45) is 2.80. The topological polar surface area (TPSA) is 50.2 Å². The lowest BCUT2D eigenvalue weighted by Gasteiger charge is -2.24. The van der Waals surface area contributed by atoms with Gasteiger partial charge in [0.15, 0.2) is 5.78 Å². The molecule has 0 aliphatic rings. The summed E-state index contributed by atoms with van der Waals surface area (Å²) >= 11 is 12.7. The van der Waals surface area contributed by atoms with E-state index in [2.05, 4.69) is 4.98 Å². The summed E-state index contributed by atoms with van der Waals surface area (Å²) < 4.78 is 0. The number of Topliss-reactive ketones (excluding diaryl/α,β-unsaturated/α-hetero) is 1. The summed E-state index contributed by atoms with van der Waals surface area (Å²) in [6.45, 7) is 4.07. The van der Waals surface area contributed by atoms with Gasteiger partial charge in [-0.3, -0.25) is 9.78 Å². The molecule has 5 heteroatoms. The van der Waals surface area contributed by atoms with E-state index in [9.17, 15) is 9.90 Å². The molecule has 3 rings (SSSR count). The van der Waals surface area contributed by atoms with Gasteiger partial charge in [0.2, 0.25) is 0 Å². The Bertz CT molecular complexity index is 1060. The number of hydrogen-bond acceptors (Lipinski definition) is 3. The average Bonchev–Trinajstić information content (AvgIpc) is 2.77. The van der Waals surface area contributed by atoms with Crippen LogP contribution < -0.4 is 0 Å². The van der Waals surface area contributed by atoms with E-state index in [-0.39, 0.29) is 17.3 Å². The molecule has 1 heterocycles. The van der Waals surface area contributed by atoms with E-state index in [1.54, 1.807) is 54.9 Å². The molecule has 0 amide bonds. The minimum Gasteiger partial charge on any atom is -0.383 e. The zero-order valence-electron chi connectivity index (χ0n) is 16.8. The lowest BCUT2D eigenvalue weighted by atomic mass is 9.81. The lowest BCUT2D eigenvalue weighted by molar-refractivity contribution is 0.0987. The van der Waals surface area contributed by atoms with Crippen molar-refractivity contribution >= 4 is 34.6 Å². The largest absolute Gasteiger partial charge is 0.383 e. The summed E-state index contributed by atoms with van der Waals surface area (Å²) in [6, 6.07) is 17.6. The predicted octanol–water partition coefficient (Wildman–Crippen LogP) is 6.80. The molecule has 0 radical (unpaired) electrons. The third-order valence-electron chi connectivity index (χ3n) is 5.16.